The van der Waals surface area contributed by atoms with Gasteiger partial charge in [-0.05, 0) is 48.1 Å². The Bertz CT molecular complexity index is 318. The molecule has 17 heavy (non-hydrogen) atoms. The van der Waals surface area contributed by atoms with Crippen molar-refractivity contribution < 1.29 is 0 Å². The van der Waals surface area contributed by atoms with E-state index in [2.05, 4.69) is 26.5 Å². The van der Waals surface area contributed by atoms with Crippen molar-refractivity contribution in [1.82, 2.24) is 15.0 Å². The molecular formula is C10H16Cl2N4S. The first-order valence-corrected chi connectivity index (χ1v) is 7.67. The van der Waals surface area contributed by atoms with Crippen LogP contribution in [0.4, 0.5) is 5.95 Å². The number of nitrogens with zero attached hydrogens (tertiary/aromatic N) is 3. The number of rotatable bonds is 8. The molecule has 1 rings (SSSR count). The standard InChI is InChI=1S/C10H16Cl2N4S/c1-17-7-5-3-2-4-6-13-10-15-8(11)14-9(12)16-10/h2-7H2,1H3,(H,13,14,15,16). The van der Waals surface area contributed by atoms with Crippen LogP contribution < -0.4 is 5.32 Å². The molecule has 0 unspecified atom stereocenters. The molecule has 1 aromatic rings. The Hall–Kier alpha value is -0.260. The van der Waals surface area contributed by atoms with E-state index < -0.39 is 0 Å². The van der Waals surface area contributed by atoms with E-state index in [-0.39, 0.29) is 10.6 Å². The van der Waals surface area contributed by atoms with Gasteiger partial charge in [0.25, 0.3) is 0 Å². The van der Waals surface area contributed by atoms with Crippen molar-refractivity contribution in [3.8, 4) is 0 Å². The van der Waals surface area contributed by atoms with Gasteiger partial charge in [-0.1, -0.05) is 12.8 Å². The number of thioether (sulfide) groups is 1. The monoisotopic (exact) mass is 294 g/mol. The average molecular weight is 295 g/mol. The van der Waals surface area contributed by atoms with Crippen LogP contribution in [0.2, 0.25) is 10.6 Å². The lowest BCUT2D eigenvalue weighted by molar-refractivity contribution is 0.687. The summed E-state index contributed by atoms with van der Waals surface area (Å²) >= 11 is 13.2. The summed E-state index contributed by atoms with van der Waals surface area (Å²) in [6, 6.07) is 0. The second-order valence-electron chi connectivity index (χ2n) is 3.53. The third-order valence-electron chi connectivity index (χ3n) is 2.14. The molecule has 0 amide bonds. The minimum absolute atomic E-state index is 0.118. The van der Waals surface area contributed by atoms with Gasteiger partial charge in [0.05, 0.1) is 0 Å². The Morgan fingerprint density at radius 2 is 1.65 bits per heavy atom. The Morgan fingerprint density at radius 3 is 2.29 bits per heavy atom. The van der Waals surface area contributed by atoms with Gasteiger partial charge in [0.1, 0.15) is 0 Å². The van der Waals surface area contributed by atoms with E-state index in [0.29, 0.717) is 5.95 Å². The molecular weight excluding hydrogens is 279 g/mol. The van der Waals surface area contributed by atoms with Crippen LogP contribution in [0.5, 0.6) is 0 Å². The smallest absolute Gasteiger partial charge is 0.228 e. The molecule has 0 saturated carbocycles. The van der Waals surface area contributed by atoms with Crippen LogP contribution >= 0.6 is 35.0 Å². The molecule has 7 heteroatoms. The molecule has 0 atom stereocenters. The van der Waals surface area contributed by atoms with Crippen molar-refractivity contribution in [2.24, 2.45) is 0 Å². The maximum absolute atomic E-state index is 5.66. The van der Waals surface area contributed by atoms with Crippen molar-refractivity contribution in [3.05, 3.63) is 10.6 Å². The van der Waals surface area contributed by atoms with Gasteiger partial charge in [-0.3, -0.25) is 0 Å². The van der Waals surface area contributed by atoms with E-state index in [0.717, 1.165) is 13.0 Å². The molecule has 0 aliphatic rings. The van der Waals surface area contributed by atoms with Crippen molar-refractivity contribution in [2.45, 2.75) is 25.7 Å². The van der Waals surface area contributed by atoms with E-state index in [4.69, 9.17) is 23.2 Å². The normalized spacial score (nSPS) is 10.5. The molecule has 0 fully saturated rings. The zero-order valence-electron chi connectivity index (χ0n) is 9.75. The Labute approximate surface area is 116 Å². The zero-order chi connectivity index (χ0) is 12.5. The van der Waals surface area contributed by atoms with E-state index in [1.165, 1.54) is 25.0 Å². The maximum atomic E-state index is 5.66. The SMILES string of the molecule is CSCCCCCCNc1nc(Cl)nc(Cl)n1. The number of nitrogens with one attached hydrogen (secondary N) is 1. The Morgan fingerprint density at radius 1 is 1.00 bits per heavy atom. The molecule has 0 saturated heterocycles. The minimum atomic E-state index is 0.118. The third kappa shape index (κ3) is 6.91. The number of aromatic nitrogens is 3. The fraction of sp³-hybridized carbons (Fsp3) is 0.700. The quantitative estimate of drug-likeness (QED) is 0.744. The number of hydrogen-bond acceptors (Lipinski definition) is 5. The second kappa shape index (κ2) is 8.78. The summed E-state index contributed by atoms with van der Waals surface area (Å²) in [7, 11) is 0. The fourth-order valence-electron chi connectivity index (χ4n) is 1.33. The van der Waals surface area contributed by atoms with Crippen molar-refractivity contribution in [3.63, 3.8) is 0 Å². The minimum Gasteiger partial charge on any atom is -0.354 e. The lowest BCUT2D eigenvalue weighted by Crippen LogP contribution is -2.06. The summed E-state index contributed by atoms with van der Waals surface area (Å²) in [5, 5.41) is 3.32. The first-order valence-electron chi connectivity index (χ1n) is 5.52. The van der Waals surface area contributed by atoms with E-state index in [1.807, 2.05) is 11.8 Å². The van der Waals surface area contributed by atoms with Crippen LogP contribution in [0.15, 0.2) is 0 Å². The van der Waals surface area contributed by atoms with Gasteiger partial charge in [-0.25, -0.2) is 0 Å². The van der Waals surface area contributed by atoms with Crippen LogP contribution in [0, 0.1) is 0 Å². The highest BCUT2D eigenvalue weighted by molar-refractivity contribution is 7.98. The van der Waals surface area contributed by atoms with Gasteiger partial charge >= 0.3 is 0 Å². The van der Waals surface area contributed by atoms with Crippen LogP contribution in [-0.4, -0.2) is 33.5 Å². The van der Waals surface area contributed by atoms with Gasteiger partial charge < -0.3 is 5.32 Å². The third-order valence-corrected chi connectivity index (χ3v) is 3.17. The summed E-state index contributed by atoms with van der Waals surface area (Å²) in [4.78, 5) is 11.5. The fourth-order valence-corrected chi connectivity index (χ4v) is 2.19. The van der Waals surface area contributed by atoms with Crippen LogP contribution in [0.3, 0.4) is 0 Å². The lowest BCUT2D eigenvalue weighted by atomic mass is 10.2. The molecule has 0 spiro atoms. The highest BCUT2D eigenvalue weighted by atomic mass is 35.5. The largest absolute Gasteiger partial charge is 0.354 e. The van der Waals surface area contributed by atoms with Gasteiger partial charge in [-0.15, -0.1) is 0 Å². The number of halogens is 2. The summed E-state index contributed by atoms with van der Waals surface area (Å²) in [5.74, 6) is 1.69. The summed E-state index contributed by atoms with van der Waals surface area (Å²) < 4.78 is 0. The van der Waals surface area contributed by atoms with E-state index in [1.54, 1.807) is 0 Å². The molecule has 0 aromatic carbocycles. The average Bonchev–Trinajstić information content (AvgIpc) is 2.26. The second-order valence-corrected chi connectivity index (χ2v) is 5.19. The first-order chi connectivity index (χ1) is 8.22. The zero-order valence-corrected chi connectivity index (χ0v) is 12.1. The number of unbranched alkanes of at least 4 members (excludes halogenated alkanes) is 3. The Kier molecular flexibility index (Phi) is 7.64. The molecule has 0 aliphatic heterocycles. The topological polar surface area (TPSA) is 50.7 Å². The predicted molar refractivity (Wildman–Crippen MR) is 75.2 cm³/mol. The summed E-state index contributed by atoms with van der Waals surface area (Å²) in [5.41, 5.74) is 0. The molecule has 0 bridgehead atoms. The van der Waals surface area contributed by atoms with Gasteiger partial charge in [-0.2, -0.15) is 26.7 Å². The van der Waals surface area contributed by atoms with E-state index >= 15 is 0 Å². The van der Waals surface area contributed by atoms with Crippen LogP contribution in [0.25, 0.3) is 0 Å². The van der Waals surface area contributed by atoms with Crippen LogP contribution in [0.1, 0.15) is 25.7 Å². The molecule has 0 aliphatic carbocycles. The van der Waals surface area contributed by atoms with Gasteiger partial charge in [0.2, 0.25) is 16.5 Å². The highest BCUT2D eigenvalue weighted by Gasteiger charge is 2.01. The van der Waals surface area contributed by atoms with Crippen molar-refractivity contribution in [2.75, 3.05) is 23.9 Å². The molecule has 4 nitrogen and oxygen atoms in total. The molecule has 0 radical (unpaired) electrons. The Balaban J connectivity index is 2.13. The maximum Gasteiger partial charge on any atom is 0.228 e. The van der Waals surface area contributed by atoms with Crippen molar-refractivity contribution in [1.29, 1.82) is 0 Å². The predicted octanol–water partition coefficient (Wildman–Crippen LogP) is 3.51. The summed E-state index contributed by atoms with van der Waals surface area (Å²) in [6.07, 6.45) is 6.98. The number of anilines is 1. The van der Waals surface area contributed by atoms with Gasteiger partial charge in [0, 0.05) is 6.54 Å². The lowest BCUT2D eigenvalue weighted by Gasteiger charge is -2.04. The summed E-state index contributed by atoms with van der Waals surface area (Å²) in [6.45, 7) is 0.829. The first kappa shape index (κ1) is 14.8. The van der Waals surface area contributed by atoms with Crippen molar-refractivity contribution >= 4 is 40.9 Å². The molecule has 96 valence electrons. The van der Waals surface area contributed by atoms with E-state index in [9.17, 15) is 0 Å². The number of hydrogen-bond donors (Lipinski definition) is 1. The molecule has 1 aromatic heterocycles. The van der Waals surface area contributed by atoms with Gasteiger partial charge in [0.15, 0.2) is 0 Å². The van der Waals surface area contributed by atoms with Crippen LogP contribution in [-0.2, 0) is 0 Å². The molecule has 1 N–H and O–H groups in total. The molecule has 1 heterocycles. The highest BCUT2D eigenvalue weighted by Crippen LogP contribution is 2.10.